The lowest BCUT2D eigenvalue weighted by atomic mass is 10.0. The normalized spacial score (nSPS) is 11.9. The molecule has 9 nitrogen and oxygen atoms in total. The Labute approximate surface area is 188 Å². The number of benzene rings is 1. The molecule has 2 N–H and O–H groups in total. The summed E-state index contributed by atoms with van der Waals surface area (Å²) in [6.45, 7) is 4.00. The predicted octanol–water partition coefficient (Wildman–Crippen LogP) is 3.14. The van der Waals surface area contributed by atoms with Crippen LogP contribution in [-0.4, -0.2) is 44.4 Å². The number of rotatable bonds is 9. The Bertz CT molecular complexity index is 1020. The monoisotopic (exact) mass is 460 g/mol. The summed E-state index contributed by atoms with van der Waals surface area (Å²) in [4.78, 5) is 28.9. The molecular formula is C20H24N6O3S2. The fraction of sp³-hybridized carbons (Fsp3) is 0.350. The molecule has 0 aliphatic carbocycles. The van der Waals surface area contributed by atoms with Crippen molar-refractivity contribution in [3.8, 4) is 5.75 Å². The first-order valence-electron chi connectivity index (χ1n) is 9.55. The van der Waals surface area contributed by atoms with Crippen LogP contribution < -0.4 is 15.4 Å². The van der Waals surface area contributed by atoms with Gasteiger partial charge in [0.05, 0.1) is 18.9 Å². The van der Waals surface area contributed by atoms with Gasteiger partial charge in [-0.1, -0.05) is 25.6 Å². The lowest BCUT2D eigenvalue weighted by Gasteiger charge is -2.21. The van der Waals surface area contributed by atoms with Crippen LogP contribution in [0.1, 0.15) is 36.1 Å². The zero-order valence-electron chi connectivity index (χ0n) is 17.7. The Kier molecular flexibility index (Phi) is 7.64. The largest absolute Gasteiger partial charge is 0.497 e. The van der Waals surface area contributed by atoms with E-state index in [1.165, 1.54) is 23.1 Å². The Balaban J connectivity index is 1.66. The van der Waals surface area contributed by atoms with Gasteiger partial charge in [-0.2, -0.15) is 0 Å². The van der Waals surface area contributed by atoms with Crippen LogP contribution in [0.15, 0.2) is 41.0 Å². The summed E-state index contributed by atoms with van der Waals surface area (Å²) in [6, 6.07) is 6.57. The van der Waals surface area contributed by atoms with Crippen LogP contribution in [0, 0.1) is 5.92 Å². The average molecular weight is 461 g/mol. The molecule has 0 fully saturated rings. The summed E-state index contributed by atoms with van der Waals surface area (Å²) >= 11 is 2.63. The molecule has 0 aliphatic heterocycles. The molecule has 31 heavy (non-hydrogen) atoms. The molecule has 0 saturated heterocycles. The van der Waals surface area contributed by atoms with E-state index in [-0.39, 0.29) is 29.5 Å². The van der Waals surface area contributed by atoms with Gasteiger partial charge >= 0.3 is 0 Å². The Morgan fingerprint density at radius 2 is 1.97 bits per heavy atom. The lowest BCUT2D eigenvalue weighted by Crippen LogP contribution is -2.33. The van der Waals surface area contributed by atoms with E-state index in [1.807, 2.05) is 20.9 Å². The number of carbonyl (C=O) groups is 2. The highest BCUT2D eigenvalue weighted by Gasteiger charge is 2.25. The second-order valence-corrected chi connectivity index (χ2v) is 8.83. The van der Waals surface area contributed by atoms with Crippen LogP contribution in [0.3, 0.4) is 0 Å². The minimum Gasteiger partial charge on any atom is -0.497 e. The number of thiazole rings is 1. The molecule has 164 valence electrons. The van der Waals surface area contributed by atoms with Gasteiger partial charge in [-0.25, -0.2) is 4.98 Å². The smallest absolute Gasteiger partial charge is 0.251 e. The number of nitrogens with zero attached hydrogens (tertiary/aromatic N) is 4. The number of anilines is 1. The van der Waals surface area contributed by atoms with Gasteiger partial charge in [-0.3, -0.25) is 9.59 Å². The van der Waals surface area contributed by atoms with Crippen LogP contribution in [0.25, 0.3) is 0 Å². The topological polar surface area (TPSA) is 111 Å². The first kappa shape index (κ1) is 22.8. The molecule has 2 amide bonds. The van der Waals surface area contributed by atoms with Gasteiger partial charge in [0, 0.05) is 24.2 Å². The van der Waals surface area contributed by atoms with Gasteiger partial charge in [0.25, 0.3) is 5.91 Å². The lowest BCUT2D eigenvalue weighted by molar-refractivity contribution is -0.113. The van der Waals surface area contributed by atoms with Crippen molar-refractivity contribution < 1.29 is 14.3 Å². The minimum atomic E-state index is -0.342. The summed E-state index contributed by atoms with van der Waals surface area (Å²) < 4.78 is 6.94. The van der Waals surface area contributed by atoms with Gasteiger partial charge in [0.1, 0.15) is 5.75 Å². The van der Waals surface area contributed by atoms with E-state index in [9.17, 15) is 9.59 Å². The maximum absolute atomic E-state index is 12.7. The highest BCUT2D eigenvalue weighted by Crippen LogP contribution is 2.25. The highest BCUT2D eigenvalue weighted by atomic mass is 32.2. The van der Waals surface area contributed by atoms with Crippen molar-refractivity contribution in [1.82, 2.24) is 25.1 Å². The van der Waals surface area contributed by atoms with Crippen molar-refractivity contribution in [2.45, 2.75) is 25.0 Å². The molecule has 11 heteroatoms. The van der Waals surface area contributed by atoms with E-state index < -0.39 is 0 Å². The Morgan fingerprint density at radius 1 is 1.23 bits per heavy atom. The summed E-state index contributed by atoms with van der Waals surface area (Å²) in [5.41, 5.74) is 0.530. The first-order chi connectivity index (χ1) is 14.9. The predicted molar refractivity (Wildman–Crippen MR) is 121 cm³/mol. The number of amides is 2. The fourth-order valence-corrected chi connectivity index (χ4v) is 4.05. The van der Waals surface area contributed by atoms with Gasteiger partial charge in [0.2, 0.25) is 5.91 Å². The van der Waals surface area contributed by atoms with E-state index in [0.29, 0.717) is 27.4 Å². The van der Waals surface area contributed by atoms with Crippen molar-refractivity contribution >= 4 is 40.0 Å². The average Bonchev–Trinajstić information content (AvgIpc) is 3.40. The zero-order chi connectivity index (χ0) is 22.4. The molecule has 2 heterocycles. The number of hydrogen-bond acceptors (Lipinski definition) is 8. The van der Waals surface area contributed by atoms with Crippen molar-refractivity contribution in [2.75, 3.05) is 18.2 Å². The number of thioether (sulfide) groups is 1. The summed E-state index contributed by atoms with van der Waals surface area (Å²) in [5.74, 6) is 1.19. The standard InChI is InChI=1S/C20H24N6O3S2/c1-12(2)16(23-18(28)13-5-7-14(29-4)8-6-13)17-24-25-20(26(17)3)31-11-15(27)22-19-21-9-10-30-19/h5-10,12,16H,11H2,1-4H3,(H,23,28)(H,21,22,27)/t16-/m0/s1. The summed E-state index contributed by atoms with van der Waals surface area (Å²) in [6.07, 6.45) is 1.63. The van der Waals surface area contributed by atoms with Crippen molar-refractivity contribution in [2.24, 2.45) is 13.0 Å². The van der Waals surface area contributed by atoms with Crippen molar-refractivity contribution in [3.63, 3.8) is 0 Å². The number of ether oxygens (including phenoxy) is 1. The van der Waals surface area contributed by atoms with E-state index in [2.05, 4.69) is 25.8 Å². The van der Waals surface area contributed by atoms with Crippen molar-refractivity contribution in [1.29, 1.82) is 0 Å². The van der Waals surface area contributed by atoms with E-state index in [0.717, 1.165) is 0 Å². The maximum atomic E-state index is 12.7. The number of aromatic nitrogens is 4. The fourth-order valence-electron chi connectivity index (χ4n) is 2.79. The Hall–Kier alpha value is -2.92. The third kappa shape index (κ3) is 5.82. The summed E-state index contributed by atoms with van der Waals surface area (Å²) in [7, 11) is 3.40. The SMILES string of the molecule is COc1ccc(C(=O)N[C@H](c2nnc(SCC(=O)Nc3nccs3)n2C)C(C)C)cc1. The van der Waals surface area contributed by atoms with Gasteiger partial charge in [-0.15, -0.1) is 21.5 Å². The molecule has 1 aromatic carbocycles. The molecule has 3 rings (SSSR count). The van der Waals surface area contributed by atoms with Crippen LogP contribution in [-0.2, 0) is 11.8 Å². The van der Waals surface area contributed by atoms with Gasteiger partial charge < -0.3 is 19.9 Å². The molecule has 0 radical (unpaired) electrons. The maximum Gasteiger partial charge on any atom is 0.251 e. The summed E-state index contributed by atoms with van der Waals surface area (Å²) in [5, 5.41) is 17.2. The molecule has 2 aromatic heterocycles. The van der Waals surface area contributed by atoms with Crippen LogP contribution >= 0.6 is 23.1 Å². The number of hydrogen-bond donors (Lipinski definition) is 2. The van der Waals surface area contributed by atoms with Gasteiger partial charge in [0.15, 0.2) is 16.1 Å². The van der Waals surface area contributed by atoms with Gasteiger partial charge in [-0.05, 0) is 30.2 Å². The first-order valence-corrected chi connectivity index (χ1v) is 11.4. The zero-order valence-corrected chi connectivity index (χ0v) is 19.3. The van der Waals surface area contributed by atoms with E-state index in [1.54, 1.807) is 47.5 Å². The molecule has 0 saturated carbocycles. The van der Waals surface area contributed by atoms with Crippen molar-refractivity contribution in [3.05, 3.63) is 47.2 Å². The molecule has 3 aromatic rings. The quantitative estimate of drug-likeness (QED) is 0.472. The molecule has 0 spiro atoms. The number of nitrogens with one attached hydrogen (secondary N) is 2. The third-order valence-corrected chi connectivity index (χ3v) is 6.17. The minimum absolute atomic E-state index is 0.0798. The van der Waals surface area contributed by atoms with Crippen LogP contribution in [0.4, 0.5) is 5.13 Å². The number of methoxy groups -OCH3 is 1. The molecule has 0 unspecified atom stereocenters. The molecule has 1 atom stereocenters. The Morgan fingerprint density at radius 3 is 2.58 bits per heavy atom. The second-order valence-electron chi connectivity index (χ2n) is 7.00. The highest BCUT2D eigenvalue weighted by molar-refractivity contribution is 7.99. The van der Waals surface area contributed by atoms with E-state index >= 15 is 0 Å². The van der Waals surface area contributed by atoms with Crippen LogP contribution in [0.5, 0.6) is 5.75 Å². The van der Waals surface area contributed by atoms with Crippen LogP contribution in [0.2, 0.25) is 0 Å². The number of carbonyl (C=O) groups excluding carboxylic acids is 2. The molecule has 0 bridgehead atoms. The third-order valence-electron chi connectivity index (χ3n) is 4.46. The molecule has 0 aliphatic rings. The second kappa shape index (κ2) is 10.4. The van der Waals surface area contributed by atoms with E-state index in [4.69, 9.17) is 4.74 Å². The molecular weight excluding hydrogens is 436 g/mol.